The Kier molecular flexibility index (Phi) is 17.4. The summed E-state index contributed by atoms with van der Waals surface area (Å²) in [5, 5.41) is 2.96. The Morgan fingerprint density at radius 1 is 0.526 bits per heavy atom. The summed E-state index contributed by atoms with van der Waals surface area (Å²) in [6.45, 7) is 72.3. The molecule has 0 saturated heterocycles. The van der Waals surface area contributed by atoms with Crippen molar-refractivity contribution in [1.29, 1.82) is 0 Å². The van der Waals surface area contributed by atoms with Crippen LogP contribution in [0.5, 0.6) is 0 Å². The van der Waals surface area contributed by atoms with Gasteiger partial charge >= 0.3 is 376 Å². The van der Waals surface area contributed by atoms with E-state index in [1.807, 2.05) is 4.40 Å². The first-order chi connectivity index (χ1) is 25.2. The molecule has 2 aromatic rings. The molecule has 0 aromatic heterocycles. The molecule has 0 N–H and O–H groups in total. The van der Waals surface area contributed by atoms with E-state index in [4.69, 9.17) is 17.1 Å². The number of rotatable bonds is 18. The summed E-state index contributed by atoms with van der Waals surface area (Å²) in [7, 11) is -10.2. The molecule has 1 atom stereocenters. The van der Waals surface area contributed by atoms with Gasteiger partial charge in [-0.2, -0.15) is 0 Å². The Labute approximate surface area is 373 Å². The second-order valence-electron chi connectivity index (χ2n) is 25.9. The Morgan fingerprint density at radius 3 is 1.04 bits per heavy atom. The summed E-state index contributed by atoms with van der Waals surface area (Å²) < 4.78 is 10.0. The van der Waals surface area contributed by atoms with Crippen molar-refractivity contribution in [2.45, 2.75) is 217 Å². The standard InChI is InChI=1S/C48H93GeOSSi6/c1-33(2)37-28-39(34(3)4)43(40(29-37)35(5)6)49(32-48(9,50-51)36(7)8)44-41(46(54(16,17)18)55(19,20)21)30-38(45(52(10,11)12)53(13,14)15)31-42(44)47(56(22,23)24)57(25,26)27/h28-31,33-35,45-47,51H,7,32H2,1-6,8-27H3. The molecule has 0 fully saturated rings. The molecule has 9 heteroatoms. The van der Waals surface area contributed by atoms with Crippen LogP contribution in [0.25, 0.3) is 0 Å². The van der Waals surface area contributed by atoms with Crippen LogP contribution in [0.2, 0.25) is 123 Å². The molecule has 1 unspecified atom stereocenters. The van der Waals surface area contributed by atoms with Crippen molar-refractivity contribution in [1.82, 2.24) is 0 Å². The quantitative estimate of drug-likeness (QED) is 0.0678. The molecular formula is C48H93GeOSSi6. The van der Waals surface area contributed by atoms with Gasteiger partial charge in [0.1, 0.15) is 0 Å². The van der Waals surface area contributed by atoms with Crippen molar-refractivity contribution in [2.24, 2.45) is 0 Å². The predicted molar refractivity (Wildman–Crippen MR) is 287 cm³/mol. The molecule has 0 aliphatic carbocycles. The average Bonchev–Trinajstić information content (AvgIpc) is 2.94. The van der Waals surface area contributed by atoms with E-state index in [-0.39, 0.29) is 0 Å². The van der Waals surface area contributed by atoms with Crippen LogP contribution in [-0.4, -0.2) is 68.4 Å². The number of benzene rings is 2. The molecule has 0 saturated carbocycles. The SMILES string of the molecule is C=C(C)C(C)([CH2][Ge]([c]1c(C(C)C)cc(C(C)C)cc1C(C)C)[c]1c(C([Si](C)(C)C)[Si](C)(C)C)cc(C([Si](C)(C)C)[Si](C)(C)C)cc1C([Si](C)(C)C)[Si](C)(C)C)OS. The normalized spacial score (nSPS) is 15.3. The third-order valence-electron chi connectivity index (χ3n) is 12.7. The van der Waals surface area contributed by atoms with E-state index in [0.717, 1.165) is 10.8 Å². The van der Waals surface area contributed by atoms with Crippen LogP contribution < -0.4 is 8.79 Å². The number of thiol groups is 1. The van der Waals surface area contributed by atoms with E-state index < -0.39 is 68.4 Å². The first kappa shape index (κ1) is 53.5. The Balaban J connectivity index is 3.86. The van der Waals surface area contributed by atoms with Crippen molar-refractivity contribution >= 4 is 84.5 Å². The summed E-state index contributed by atoms with van der Waals surface area (Å²) in [5.74, 6) is 1.34. The molecule has 1 radical (unpaired) electrons. The van der Waals surface area contributed by atoms with Gasteiger partial charge in [0.15, 0.2) is 0 Å². The van der Waals surface area contributed by atoms with E-state index in [2.05, 4.69) is 204 Å². The minimum absolute atomic E-state index is 0.426. The van der Waals surface area contributed by atoms with Crippen molar-refractivity contribution in [2.75, 3.05) is 0 Å². The van der Waals surface area contributed by atoms with Gasteiger partial charge in [-0.25, -0.2) is 0 Å². The first-order valence-corrected chi connectivity index (χ1v) is 47.8. The van der Waals surface area contributed by atoms with Gasteiger partial charge in [-0.15, -0.1) is 0 Å². The molecular weight excluding hydrogens is 866 g/mol. The molecule has 57 heavy (non-hydrogen) atoms. The van der Waals surface area contributed by atoms with Crippen LogP contribution in [0.4, 0.5) is 0 Å². The van der Waals surface area contributed by atoms with Gasteiger partial charge in [-0.05, 0) is 0 Å². The zero-order valence-electron chi connectivity index (χ0n) is 42.5. The topological polar surface area (TPSA) is 9.23 Å². The van der Waals surface area contributed by atoms with E-state index in [9.17, 15) is 0 Å². The van der Waals surface area contributed by atoms with Crippen LogP contribution >= 0.6 is 12.9 Å². The monoisotopic (exact) mass is 959 g/mol. The van der Waals surface area contributed by atoms with Gasteiger partial charge < -0.3 is 0 Å². The van der Waals surface area contributed by atoms with Crippen LogP contribution in [0.15, 0.2) is 36.4 Å². The van der Waals surface area contributed by atoms with Gasteiger partial charge in [0.05, 0.1) is 0 Å². The molecule has 2 rings (SSSR count). The van der Waals surface area contributed by atoms with E-state index in [1.54, 1.807) is 32.2 Å². The fourth-order valence-electron chi connectivity index (χ4n) is 11.6. The number of hydrogen-bond acceptors (Lipinski definition) is 2. The van der Waals surface area contributed by atoms with Gasteiger partial charge in [0.25, 0.3) is 0 Å². The van der Waals surface area contributed by atoms with Crippen LogP contribution in [-0.2, 0) is 4.18 Å². The molecule has 0 aliphatic rings. The first-order valence-electron chi connectivity index (χ1n) is 22.4. The summed E-state index contributed by atoms with van der Waals surface area (Å²) >= 11 is 2.16. The van der Waals surface area contributed by atoms with Gasteiger partial charge in [-0.1, -0.05) is 0 Å². The fraction of sp³-hybridized carbons (Fsp3) is 0.708. The summed E-state index contributed by atoms with van der Waals surface area (Å²) in [4.78, 5) is 0. The average molecular weight is 959 g/mol. The fourth-order valence-corrected chi connectivity index (χ4v) is 60.3. The third-order valence-corrected chi connectivity index (χ3v) is 48.1. The zero-order chi connectivity index (χ0) is 45.0. The summed E-state index contributed by atoms with van der Waals surface area (Å²) in [6.07, 6.45) is 0. The van der Waals surface area contributed by atoms with Crippen molar-refractivity contribution in [3.63, 3.8) is 0 Å². The van der Waals surface area contributed by atoms with Crippen molar-refractivity contribution in [3.8, 4) is 0 Å². The van der Waals surface area contributed by atoms with Gasteiger partial charge in [0.2, 0.25) is 0 Å². The molecule has 2 aromatic carbocycles. The Bertz CT molecular complexity index is 1580. The third kappa shape index (κ3) is 12.7. The van der Waals surface area contributed by atoms with Crippen molar-refractivity contribution in [3.05, 3.63) is 69.8 Å². The Morgan fingerprint density at radius 2 is 0.807 bits per heavy atom. The molecule has 325 valence electrons. The second kappa shape index (κ2) is 18.6. The van der Waals surface area contributed by atoms with Crippen molar-refractivity contribution < 1.29 is 4.18 Å². The summed E-state index contributed by atoms with van der Waals surface area (Å²) in [5.41, 5.74) is 10.6. The summed E-state index contributed by atoms with van der Waals surface area (Å²) in [6, 6.07) is 11.2. The zero-order valence-corrected chi connectivity index (χ0v) is 51.5. The molecule has 1 nitrogen and oxygen atoms in total. The van der Waals surface area contributed by atoms with E-state index in [0.29, 0.717) is 33.2 Å². The van der Waals surface area contributed by atoms with Crippen LogP contribution in [0.1, 0.15) is 122 Å². The molecule has 0 aliphatic heterocycles. The van der Waals surface area contributed by atoms with E-state index >= 15 is 0 Å². The maximum absolute atomic E-state index is 6.44. The van der Waals surface area contributed by atoms with Gasteiger partial charge in [0, 0.05) is 0 Å². The van der Waals surface area contributed by atoms with Gasteiger partial charge in [-0.3, -0.25) is 0 Å². The molecule has 0 amide bonds. The maximum atomic E-state index is 6.44. The number of hydrogen-bond donors (Lipinski definition) is 1. The van der Waals surface area contributed by atoms with Crippen LogP contribution in [0, 0.1) is 0 Å². The second-order valence-corrected chi connectivity index (χ2v) is 64.5. The van der Waals surface area contributed by atoms with Crippen LogP contribution in [0.3, 0.4) is 0 Å². The van der Waals surface area contributed by atoms with E-state index in [1.165, 1.54) is 5.56 Å². The molecule has 0 heterocycles. The molecule has 0 bridgehead atoms. The molecule has 0 spiro atoms. The predicted octanol–water partition coefficient (Wildman–Crippen LogP) is 15.4. The Hall–Kier alpha value is 0.334. The minimum atomic E-state index is -2.58.